The van der Waals surface area contributed by atoms with Crippen molar-refractivity contribution in [3.8, 4) is 5.75 Å². The highest BCUT2D eigenvalue weighted by Crippen LogP contribution is 2.42. The largest absolute Gasteiger partial charge is 0.495 e. The van der Waals surface area contributed by atoms with E-state index in [4.69, 9.17) is 4.74 Å². The maximum absolute atomic E-state index is 9.81. The Morgan fingerprint density at radius 3 is 2.81 bits per heavy atom. The van der Waals surface area contributed by atoms with Gasteiger partial charge in [0.25, 0.3) is 0 Å². The zero-order chi connectivity index (χ0) is 18.3. The number of aliphatic hydroxyl groups excluding tert-OH is 1. The van der Waals surface area contributed by atoms with Gasteiger partial charge in [-0.15, -0.1) is 11.3 Å². The van der Waals surface area contributed by atoms with Crippen molar-refractivity contribution in [2.24, 2.45) is 5.92 Å². The van der Waals surface area contributed by atoms with Crippen LogP contribution in [-0.2, 0) is 0 Å². The number of thiophene rings is 1. The SMILES string of the molecule is COc1cncc([C@@H](Nc2ncnc3sc(C)c(C)c23)C2CC(O)C2)c1. The van der Waals surface area contributed by atoms with E-state index in [1.807, 2.05) is 12.3 Å². The number of aromatic nitrogens is 3. The number of anilines is 1. The van der Waals surface area contributed by atoms with Crippen molar-refractivity contribution in [1.29, 1.82) is 0 Å². The normalized spacial score (nSPS) is 20.6. The monoisotopic (exact) mass is 370 g/mol. The summed E-state index contributed by atoms with van der Waals surface area (Å²) in [5.74, 6) is 1.89. The summed E-state index contributed by atoms with van der Waals surface area (Å²) in [7, 11) is 1.64. The average Bonchev–Trinajstić information content (AvgIpc) is 2.92. The summed E-state index contributed by atoms with van der Waals surface area (Å²) in [5, 5.41) is 14.5. The topological polar surface area (TPSA) is 80.2 Å². The van der Waals surface area contributed by atoms with Crippen molar-refractivity contribution in [2.45, 2.75) is 38.8 Å². The number of nitrogens with zero attached hydrogens (tertiary/aromatic N) is 3. The second-order valence-corrected chi connectivity index (χ2v) is 8.05. The van der Waals surface area contributed by atoms with Crippen molar-refractivity contribution >= 4 is 27.4 Å². The summed E-state index contributed by atoms with van der Waals surface area (Å²) < 4.78 is 5.34. The molecule has 0 radical (unpaired) electrons. The van der Waals surface area contributed by atoms with E-state index in [1.165, 1.54) is 10.4 Å². The maximum atomic E-state index is 9.81. The van der Waals surface area contributed by atoms with Gasteiger partial charge in [0.15, 0.2) is 0 Å². The third kappa shape index (κ3) is 3.01. The fourth-order valence-corrected chi connectivity index (χ4v) is 4.53. The van der Waals surface area contributed by atoms with Gasteiger partial charge < -0.3 is 15.2 Å². The number of aliphatic hydroxyl groups is 1. The Bertz CT molecular complexity index is 936. The number of ether oxygens (including phenoxy) is 1. The number of fused-ring (bicyclic) bond motifs is 1. The van der Waals surface area contributed by atoms with Crippen LogP contribution in [0.2, 0.25) is 0 Å². The predicted octanol–water partition coefficient (Wildman–Crippen LogP) is 3.64. The lowest BCUT2D eigenvalue weighted by Gasteiger charge is -2.38. The predicted molar refractivity (Wildman–Crippen MR) is 103 cm³/mol. The molecule has 7 heteroatoms. The fourth-order valence-electron chi connectivity index (χ4n) is 3.53. The number of rotatable bonds is 5. The highest BCUT2D eigenvalue weighted by atomic mass is 32.1. The first kappa shape index (κ1) is 17.2. The molecule has 0 aromatic carbocycles. The Balaban J connectivity index is 1.74. The van der Waals surface area contributed by atoms with Gasteiger partial charge in [0.05, 0.1) is 30.8 Å². The van der Waals surface area contributed by atoms with Crippen molar-refractivity contribution in [1.82, 2.24) is 15.0 Å². The summed E-state index contributed by atoms with van der Waals surface area (Å²) in [6.07, 6.45) is 6.48. The molecule has 0 bridgehead atoms. The van der Waals surface area contributed by atoms with E-state index < -0.39 is 0 Å². The zero-order valence-electron chi connectivity index (χ0n) is 15.1. The summed E-state index contributed by atoms with van der Waals surface area (Å²) in [5.41, 5.74) is 2.25. The molecule has 26 heavy (non-hydrogen) atoms. The molecule has 6 nitrogen and oxygen atoms in total. The van der Waals surface area contributed by atoms with Gasteiger partial charge in [0.1, 0.15) is 22.7 Å². The number of hydrogen-bond acceptors (Lipinski definition) is 7. The highest BCUT2D eigenvalue weighted by molar-refractivity contribution is 7.18. The molecule has 1 fully saturated rings. The van der Waals surface area contributed by atoms with Crippen molar-refractivity contribution < 1.29 is 9.84 Å². The van der Waals surface area contributed by atoms with Gasteiger partial charge in [-0.1, -0.05) is 0 Å². The molecule has 0 aliphatic heterocycles. The van der Waals surface area contributed by atoms with E-state index >= 15 is 0 Å². The minimum Gasteiger partial charge on any atom is -0.495 e. The molecule has 1 saturated carbocycles. The summed E-state index contributed by atoms with van der Waals surface area (Å²) in [6.45, 7) is 4.22. The molecule has 1 aliphatic rings. The Kier molecular flexibility index (Phi) is 4.50. The molecular formula is C19H22N4O2S. The summed E-state index contributed by atoms with van der Waals surface area (Å²) >= 11 is 1.69. The Morgan fingerprint density at radius 2 is 2.08 bits per heavy atom. The molecule has 1 aliphatic carbocycles. The van der Waals surface area contributed by atoms with Crippen LogP contribution < -0.4 is 10.1 Å². The molecule has 3 heterocycles. The molecule has 3 aromatic heterocycles. The van der Waals surface area contributed by atoms with Crippen LogP contribution in [0.1, 0.15) is 34.9 Å². The number of aryl methyl sites for hydroxylation is 2. The second kappa shape index (κ2) is 6.81. The van der Waals surface area contributed by atoms with Gasteiger partial charge >= 0.3 is 0 Å². The Morgan fingerprint density at radius 1 is 1.27 bits per heavy atom. The molecule has 0 saturated heterocycles. The van der Waals surface area contributed by atoms with Crippen LogP contribution in [0.25, 0.3) is 10.2 Å². The number of nitrogens with one attached hydrogen (secondary N) is 1. The van der Waals surface area contributed by atoms with E-state index in [1.54, 1.807) is 31.0 Å². The van der Waals surface area contributed by atoms with E-state index in [2.05, 4.69) is 34.1 Å². The van der Waals surface area contributed by atoms with Crippen LogP contribution in [0.3, 0.4) is 0 Å². The van der Waals surface area contributed by atoms with Crippen LogP contribution in [0.4, 0.5) is 5.82 Å². The third-order valence-corrected chi connectivity index (χ3v) is 6.32. The lowest BCUT2D eigenvalue weighted by molar-refractivity contribution is 0.0339. The van der Waals surface area contributed by atoms with Gasteiger partial charge in [-0.2, -0.15) is 0 Å². The van der Waals surface area contributed by atoms with E-state index in [-0.39, 0.29) is 12.1 Å². The lowest BCUT2D eigenvalue weighted by atomic mass is 9.75. The first-order valence-corrected chi connectivity index (χ1v) is 9.52. The smallest absolute Gasteiger partial charge is 0.138 e. The molecule has 2 N–H and O–H groups in total. The van der Waals surface area contributed by atoms with Crippen molar-refractivity contribution in [3.63, 3.8) is 0 Å². The Hall–Kier alpha value is -2.25. The first-order chi connectivity index (χ1) is 12.6. The fraction of sp³-hybridized carbons (Fsp3) is 0.421. The zero-order valence-corrected chi connectivity index (χ0v) is 15.9. The quantitative estimate of drug-likeness (QED) is 0.714. The standard InChI is InChI=1S/C19H22N4O2S/c1-10-11(2)26-19-16(10)18(21-9-22-19)23-17(12-4-14(24)5-12)13-6-15(25-3)8-20-7-13/h6-9,12,14,17,24H,4-5H2,1-3H3,(H,21,22,23)/t12?,14?,17-/m0/s1. The van der Waals surface area contributed by atoms with E-state index in [0.717, 1.165) is 40.2 Å². The minimum atomic E-state index is -0.224. The van der Waals surface area contributed by atoms with Gasteiger partial charge in [-0.25, -0.2) is 9.97 Å². The van der Waals surface area contributed by atoms with E-state index in [0.29, 0.717) is 5.92 Å². The minimum absolute atomic E-state index is 0.0127. The highest BCUT2D eigenvalue weighted by Gasteiger charge is 2.35. The van der Waals surface area contributed by atoms with Crippen molar-refractivity contribution in [3.05, 3.63) is 40.8 Å². The van der Waals surface area contributed by atoms with Crippen LogP contribution in [0.5, 0.6) is 5.75 Å². The van der Waals surface area contributed by atoms with Gasteiger partial charge in [0.2, 0.25) is 0 Å². The molecule has 4 rings (SSSR count). The molecule has 136 valence electrons. The molecule has 3 aromatic rings. The second-order valence-electron chi connectivity index (χ2n) is 6.85. The van der Waals surface area contributed by atoms with Crippen LogP contribution in [0.15, 0.2) is 24.8 Å². The van der Waals surface area contributed by atoms with Gasteiger partial charge in [-0.3, -0.25) is 4.98 Å². The van der Waals surface area contributed by atoms with Crippen LogP contribution in [0, 0.1) is 19.8 Å². The molecule has 1 atom stereocenters. The average molecular weight is 370 g/mol. The van der Waals surface area contributed by atoms with Crippen LogP contribution in [-0.4, -0.2) is 33.3 Å². The maximum Gasteiger partial charge on any atom is 0.138 e. The number of pyridine rings is 1. The number of hydrogen-bond donors (Lipinski definition) is 2. The van der Waals surface area contributed by atoms with Gasteiger partial charge in [-0.05, 0) is 49.8 Å². The van der Waals surface area contributed by atoms with E-state index in [9.17, 15) is 5.11 Å². The van der Waals surface area contributed by atoms with Crippen molar-refractivity contribution in [2.75, 3.05) is 12.4 Å². The van der Waals surface area contributed by atoms with Gasteiger partial charge in [0, 0.05) is 11.1 Å². The first-order valence-electron chi connectivity index (χ1n) is 8.71. The number of methoxy groups -OCH3 is 1. The molecule has 0 amide bonds. The summed E-state index contributed by atoms with van der Waals surface area (Å²) in [6, 6.07) is 2.01. The van der Waals surface area contributed by atoms with Crippen LogP contribution >= 0.6 is 11.3 Å². The molecule has 0 spiro atoms. The lowest BCUT2D eigenvalue weighted by Crippen LogP contribution is -2.36. The molecule has 0 unspecified atom stereocenters. The summed E-state index contributed by atoms with van der Waals surface area (Å²) in [4.78, 5) is 15.5. The Labute approximate surface area is 156 Å². The third-order valence-electron chi connectivity index (χ3n) is 5.21. The molecular weight excluding hydrogens is 348 g/mol.